The molecule has 0 aromatic heterocycles. The summed E-state index contributed by atoms with van der Waals surface area (Å²) in [5.74, 6) is -2.95. The summed E-state index contributed by atoms with van der Waals surface area (Å²) in [5.41, 5.74) is 0. The SMILES string of the molecule is CC(=O)OC[C@H]1O[C@H](OC=O)[C@H](OC(C)=O)[C@@H](OC(C)=O)[C@@H]1OC(C)=O. The maximum atomic E-state index is 11.5. The fraction of sp³-hybridized carbons (Fsp3) is 0.667. The van der Waals surface area contributed by atoms with Gasteiger partial charge in [0.15, 0.2) is 12.2 Å². The maximum absolute atomic E-state index is 11.5. The molecule has 11 heteroatoms. The Morgan fingerprint density at radius 2 is 1.31 bits per heavy atom. The van der Waals surface area contributed by atoms with Crippen molar-refractivity contribution in [1.82, 2.24) is 0 Å². The number of carbonyl (C=O) groups is 5. The first-order valence-corrected chi connectivity index (χ1v) is 7.55. The Bertz CT molecular complexity index is 558. The Morgan fingerprint density at radius 3 is 1.77 bits per heavy atom. The van der Waals surface area contributed by atoms with Crippen LogP contribution in [0.2, 0.25) is 0 Å². The van der Waals surface area contributed by atoms with Crippen LogP contribution < -0.4 is 0 Å². The van der Waals surface area contributed by atoms with Crippen molar-refractivity contribution < 1.29 is 52.4 Å². The Labute approximate surface area is 148 Å². The summed E-state index contributed by atoms with van der Waals surface area (Å²) in [6.07, 6.45) is -6.68. The van der Waals surface area contributed by atoms with Gasteiger partial charge in [-0.1, -0.05) is 0 Å². The van der Waals surface area contributed by atoms with E-state index in [1.165, 1.54) is 0 Å². The molecule has 0 aromatic carbocycles. The lowest BCUT2D eigenvalue weighted by Gasteiger charge is -2.43. The molecule has 5 atom stereocenters. The Morgan fingerprint density at radius 1 is 0.808 bits per heavy atom. The van der Waals surface area contributed by atoms with Crippen LogP contribution in [0, 0.1) is 0 Å². The Kier molecular flexibility index (Phi) is 7.97. The fourth-order valence-electron chi connectivity index (χ4n) is 2.35. The predicted octanol–water partition coefficient (Wildman–Crippen LogP) is -0.757. The van der Waals surface area contributed by atoms with Crippen LogP contribution in [0.15, 0.2) is 0 Å². The van der Waals surface area contributed by atoms with Crippen molar-refractivity contribution in [2.45, 2.75) is 58.4 Å². The second-order valence-electron chi connectivity index (χ2n) is 5.30. The maximum Gasteiger partial charge on any atom is 0.303 e. The first-order valence-electron chi connectivity index (χ1n) is 7.55. The van der Waals surface area contributed by atoms with Crippen LogP contribution in [0.5, 0.6) is 0 Å². The zero-order valence-electron chi connectivity index (χ0n) is 14.7. The molecule has 26 heavy (non-hydrogen) atoms. The summed E-state index contributed by atoms with van der Waals surface area (Å²) < 4.78 is 30.3. The Balaban J connectivity index is 3.24. The van der Waals surface area contributed by atoms with Gasteiger partial charge in [0.1, 0.15) is 12.7 Å². The normalized spacial score (nSPS) is 27.6. The third-order valence-electron chi connectivity index (χ3n) is 3.14. The molecule has 1 heterocycles. The van der Waals surface area contributed by atoms with Crippen molar-refractivity contribution in [3.05, 3.63) is 0 Å². The van der Waals surface area contributed by atoms with E-state index in [1.54, 1.807) is 0 Å². The van der Waals surface area contributed by atoms with Crippen molar-refractivity contribution in [2.75, 3.05) is 6.61 Å². The van der Waals surface area contributed by atoms with Gasteiger partial charge in [0.25, 0.3) is 6.47 Å². The largest absolute Gasteiger partial charge is 0.463 e. The molecule has 1 saturated heterocycles. The third kappa shape index (κ3) is 6.31. The molecule has 1 fully saturated rings. The average Bonchev–Trinajstić information content (AvgIpc) is 2.50. The molecule has 146 valence electrons. The first kappa shape index (κ1) is 21.4. The van der Waals surface area contributed by atoms with Gasteiger partial charge in [-0.15, -0.1) is 0 Å². The molecule has 0 radical (unpaired) electrons. The first-order chi connectivity index (χ1) is 12.1. The fourth-order valence-corrected chi connectivity index (χ4v) is 2.35. The zero-order chi connectivity index (χ0) is 19.9. The zero-order valence-corrected chi connectivity index (χ0v) is 14.7. The number of ether oxygens (including phenoxy) is 6. The second-order valence-corrected chi connectivity index (χ2v) is 5.30. The van der Waals surface area contributed by atoms with E-state index in [9.17, 15) is 24.0 Å². The van der Waals surface area contributed by atoms with Crippen LogP contribution in [0.4, 0.5) is 0 Å². The standard InChI is InChI=1S/C15H20O11/c1-7(17)21-5-11-12(23-8(2)18)13(24-9(3)19)14(25-10(4)20)15(26-11)22-6-16/h6,11-15H,5H2,1-4H3/t11-,12-,13+,14-,15+/m1/s1. The summed E-state index contributed by atoms with van der Waals surface area (Å²) in [7, 11) is 0. The highest BCUT2D eigenvalue weighted by Gasteiger charge is 2.53. The number of hydrogen-bond acceptors (Lipinski definition) is 11. The average molecular weight is 376 g/mol. The van der Waals surface area contributed by atoms with E-state index in [-0.39, 0.29) is 6.47 Å². The monoisotopic (exact) mass is 376 g/mol. The highest BCUT2D eigenvalue weighted by molar-refractivity contribution is 5.68. The van der Waals surface area contributed by atoms with Crippen molar-refractivity contribution in [2.24, 2.45) is 0 Å². The molecule has 1 aliphatic heterocycles. The van der Waals surface area contributed by atoms with E-state index in [4.69, 9.17) is 28.4 Å². The number of carbonyl (C=O) groups excluding carboxylic acids is 5. The molecule has 1 aliphatic rings. The topological polar surface area (TPSA) is 141 Å². The van der Waals surface area contributed by atoms with Gasteiger partial charge in [0.05, 0.1) is 0 Å². The molecular formula is C15H20O11. The lowest BCUT2D eigenvalue weighted by molar-refractivity contribution is -0.297. The summed E-state index contributed by atoms with van der Waals surface area (Å²) in [6, 6.07) is 0. The van der Waals surface area contributed by atoms with Gasteiger partial charge in [-0.2, -0.15) is 0 Å². The molecule has 0 aliphatic carbocycles. The van der Waals surface area contributed by atoms with Crippen LogP contribution >= 0.6 is 0 Å². The molecule has 0 saturated carbocycles. The van der Waals surface area contributed by atoms with Gasteiger partial charge < -0.3 is 28.4 Å². The number of hydrogen-bond donors (Lipinski definition) is 0. The van der Waals surface area contributed by atoms with Gasteiger partial charge in [-0.25, -0.2) is 0 Å². The van der Waals surface area contributed by atoms with Crippen molar-refractivity contribution in [3.63, 3.8) is 0 Å². The summed E-state index contributed by atoms with van der Waals surface area (Å²) in [5, 5.41) is 0. The molecule has 11 nitrogen and oxygen atoms in total. The molecule has 0 amide bonds. The van der Waals surface area contributed by atoms with Gasteiger partial charge >= 0.3 is 23.9 Å². The molecule has 0 aromatic rings. The molecule has 0 unspecified atom stereocenters. The summed E-state index contributed by atoms with van der Waals surface area (Å²) in [4.78, 5) is 56.1. The van der Waals surface area contributed by atoms with Gasteiger partial charge in [0.2, 0.25) is 12.4 Å². The molecule has 0 bridgehead atoms. The quantitative estimate of drug-likeness (QED) is 0.314. The van der Waals surface area contributed by atoms with Crippen molar-refractivity contribution in [3.8, 4) is 0 Å². The van der Waals surface area contributed by atoms with E-state index in [2.05, 4.69) is 0 Å². The smallest absolute Gasteiger partial charge is 0.303 e. The highest BCUT2D eigenvalue weighted by atomic mass is 16.7. The minimum atomic E-state index is -1.48. The lowest BCUT2D eigenvalue weighted by Crippen LogP contribution is -2.62. The minimum Gasteiger partial charge on any atom is -0.463 e. The van der Waals surface area contributed by atoms with E-state index >= 15 is 0 Å². The highest BCUT2D eigenvalue weighted by Crippen LogP contribution is 2.29. The molecular weight excluding hydrogens is 356 g/mol. The minimum absolute atomic E-state index is 0.0427. The molecule has 0 spiro atoms. The van der Waals surface area contributed by atoms with Crippen molar-refractivity contribution >= 4 is 30.3 Å². The van der Waals surface area contributed by atoms with Crippen LogP contribution in [0.3, 0.4) is 0 Å². The number of rotatable bonds is 7. The van der Waals surface area contributed by atoms with Crippen molar-refractivity contribution in [1.29, 1.82) is 0 Å². The van der Waals surface area contributed by atoms with E-state index in [0.29, 0.717) is 0 Å². The van der Waals surface area contributed by atoms with E-state index in [0.717, 1.165) is 27.7 Å². The Hall–Kier alpha value is -2.69. The molecule has 1 rings (SSSR count). The van der Waals surface area contributed by atoms with Crippen LogP contribution in [0.1, 0.15) is 27.7 Å². The number of esters is 4. The van der Waals surface area contributed by atoms with E-state index in [1.807, 2.05) is 0 Å². The van der Waals surface area contributed by atoms with Crippen LogP contribution in [0.25, 0.3) is 0 Å². The second kappa shape index (κ2) is 9.70. The van der Waals surface area contributed by atoms with Gasteiger partial charge in [0, 0.05) is 27.7 Å². The van der Waals surface area contributed by atoms with Gasteiger partial charge in [-0.3, -0.25) is 24.0 Å². The molecule has 0 N–H and O–H groups in total. The van der Waals surface area contributed by atoms with E-state index < -0.39 is 61.2 Å². The summed E-state index contributed by atoms with van der Waals surface area (Å²) >= 11 is 0. The van der Waals surface area contributed by atoms with Gasteiger partial charge in [-0.05, 0) is 0 Å². The third-order valence-corrected chi connectivity index (χ3v) is 3.14. The van der Waals surface area contributed by atoms with Crippen LogP contribution in [-0.4, -0.2) is 67.7 Å². The predicted molar refractivity (Wildman–Crippen MR) is 79.1 cm³/mol. The van der Waals surface area contributed by atoms with Crippen LogP contribution in [-0.2, 0) is 52.4 Å². The summed E-state index contributed by atoms with van der Waals surface area (Å²) in [6.45, 7) is 4.06. The lowest BCUT2D eigenvalue weighted by atomic mass is 9.98.